The minimum absolute atomic E-state index is 1.17. The first-order valence-corrected chi connectivity index (χ1v) is 10.2. The zero-order chi connectivity index (χ0) is 19.9. The highest BCUT2D eigenvalue weighted by molar-refractivity contribution is 5.84. The van der Waals surface area contributed by atoms with Gasteiger partial charge >= 0.3 is 0 Å². The second-order valence-corrected chi connectivity index (χ2v) is 7.69. The smallest absolute Gasteiger partial charge is 0.0456 e. The lowest BCUT2D eigenvalue weighted by atomic mass is 10.0. The van der Waals surface area contributed by atoms with E-state index in [2.05, 4.69) is 131 Å². The van der Waals surface area contributed by atoms with Gasteiger partial charge in [-0.1, -0.05) is 72.8 Å². The van der Waals surface area contributed by atoms with Gasteiger partial charge in [-0.05, 0) is 56.9 Å². The van der Waals surface area contributed by atoms with Crippen LogP contribution in [-0.2, 0) is 0 Å². The van der Waals surface area contributed by atoms with Crippen LogP contribution in [0.5, 0.6) is 0 Å². The number of rotatable bonds is 3. The maximum atomic E-state index is 2.25. The first-order chi connectivity index (χ1) is 14.8. The van der Waals surface area contributed by atoms with Crippen LogP contribution < -0.4 is 0 Å². The van der Waals surface area contributed by atoms with Crippen LogP contribution in [0, 0.1) is 0 Å². The van der Waals surface area contributed by atoms with Gasteiger partial charge < -0.3 is 9.13 Å². The van der Waals surface area contributed by atoms with E-state index in [4.69, 9.17) is 0 Å². The second kappa shape index (κ2) is 6.78. The lowest BCUT2D eigenvalue weighted by Gasteiger charge is -2.08. The van der Waals surface area contributed by atoms with E-state index in [1.54, 1.807) is 0 Å². The van der Waals surface area contributed by atoms with Gasteiger partial charge in [-0.15, -0.1) is 0 Å². The van der Waals surface area contributed by atoms with Gasteiger partial charge in [0.15, 0.2) is 0 Å². The van der Waals surface area contributed by atoms with Crippen molar-refractivity contribution in [2.45, 2.75) is 0 Å². The Hall–Kier alpha value is -4.04. The summed E-state index contributed by atoms with van der Waals surface area (Å²) in [4.78, 5) is 0. The lowest BCUT2D eigenvalue weighted by Crippen LogP contribution is -1.91. The molecule has 0 aliphatic carbocycles. The van der Waals surface area contributed by atoms with Gasteiger partial charge in [0.2, 0.25) is 0 Å². The van der Waals surface area contributed by atoms with Crippen LogP contribution in [0.4, 0.5) is 0 Å². The molecule has 6 rings (SSSR count). The Balaban J connectivity index is 1.34. The standard InChI is InChI=1S/C28H20N2/c1-2-7-24-18-29(17-23(24)6-1)27-14-12-21(13-15-27)22-10-5-11-28(16-22)30-19-25-8-3-4-9-26(25)20-30/h1-20H. The van der Waals surface area contributed by atoms with Gasteiger partial charge in [-0.2, -0.15) is 0 Å². The summed E-state index contributed by atoms with van der Waals surface area (Å²) < 4.78 is 4.39. The minimum atomic E-state index is 1.17. The van der Waals surface area contributed by atoms with E-state index in [-0.39, 0.29) is 0 Å². The van der Waals surface area contributed by atoms with Gasteiger partial charge in [0.05, 0.1) is 0 Å². The Morgan fingerprint density at radius 3 is 1.40 bits per heavy atom. The molecule has 0 amide bonds. The summed E-state index contributed by atoms with van der Waals surface area (Å²) in [5.74, 6) is 0. The van der Waals surface area contributed by atoms with Crippen molar-refractivity contribution in [2.75, 3.05) is 0 Å². The van der Waals surface area contributed by atoms with Crippen LogP contribution >= 0.6 is 0 Å². The Bertz CT molecular complexity index is 1420. The fraction of sp³-hybridized carbons (Fsp3) is 0. The number of hydrogen-bond donors (Lipinski definition) is 0. The zero-order valence-electron chi connectivity index (χ0n) is 16.4. The van der Waals surface area contributed by atoms with Gasteiger partial charge in [-0.3, -0.25) is 0 Å². The lowest BCUT2D eigenvalue weighted by molar-refractivity contribution is 1.09. The minimum Gasteiger partial charge on any atom is -0.323 e. The molecule has 0 aliphatic rings. The fourth-order valence-electron chi connectivity index (χ4n) is 4.14. The van der Waals surface area contributed by atoms with Crippen molar-refractivity contribution in [2.24, 2.45) is 0 Å². The van der Waals surface area contributed by atoms with E-state index in [1.165, 1.54) is 44.0 Å². The summed E-state index contributed by atoms with van der Waals surface area (Å²) in [6.45, 7) is 0. The average molecular weight is 384 g/mol. The molecule has 142 valence electrons. The summed E-state index contributed by atoms with van der Waals surface area (Å²) in [6.07, 6.45) is 8.74. The van der Waals surface area contributed by atoms with Crippen LogP contribution in [0.2, 0.25) is 0 Å². The van der Waals surface area contributed by atoms with Gasteiger partial charge in [0.1, 0.15) is 0 Å². The number of benzene rings is 4. The third-order valence-electron chi connectivity index (χ3n) is 5.75. The van der Waals surface area contributed by atoms with Crippen molar-refractivity contribution in [1.29, 1.82) is 0 Å². The molecule has 0 bridgehead atoms. The topological polar surface area (TPSA) is 9.86 Å². The molecular weight excluding hydrogens is 364 g/mol. The summed E-state index contributed by atoms with van der Waals surface area (Å²) >= 11 is 0. The molecule has 0 spiro atoms. The molecule has 0 atom stereocenters. The molecule has 0 fully saturated rings. The Morgan fingerprint density at radius 2 is 0.867 bits per heavy atom. The largest absolute Gasteiger partial charge is 0.323 e. The van der Waals surface area contributed by atoms with E-state index in [9.17, 15) is 0 Å². The second-order valence-electron chi connectivity index (χ2n) is 7.69. The third-order valence-corrected chi connectivity index (χ3v) is 5.75. The highest BCUT2D eigenvalue weighted by Gasteiger charge is 2.05. The molecule has 0 saturated heterocycles. The van der Waals surface area contributed by atoms with Gasteiger partial charge in [0, 0.05) is 36.2 Å². The van der Waals surface area contributed by atoms with Crippen molar-refractivity contribution in [3.63, 3.8) is 0 Å². The summed E-state index contributed by atoms with van der Waals surface area (Å²) in [7, 11) is 0. The molecular formula is C28H20N2. The van der Waals surface area contributed by atoms with E-state index >= 15 is 0 Å². The molecule has 2 aromatic heterocycles. The molecule has 0 radical (unpaired) electrons. The summed E-state index contributed by atoms with van der Waals surface area (Å²) in [5, 5.41) is 5.03. The molecule has 2 nitrogen and oxygen atoms in total. The number of aromatic nitrogens is 2. The van der Waals surface area contributed by atoms with Crippen molar-refractivity contribution < 1.29 is 0 Å². The number of nitrogens with zero attached hydrogens (tertiary/aromatic N) is 2. The summed E-state index contributed by atoms with van der Waals surface area (Å²) in [6, 6.07) is 34.4. The highest BCUT2D eigenvalue weighted by Crippen LogP contribution is 2.26. The van der Waals surface area contributed by atoms with Crippen LogP contribution in [0.25, 0.3) is 44.0 Å². The predicted octanol–water partition coefficient (Wildman–Crippen LogP) is 7.24. The van der Waals surface area contributed by atoms with Crippen molar-refractivity contribution >= 4 is 21.5 Å². The Kier molecular flexibility index (Phi) is 3.82. The quantitative estimate of drug-likeness (QED) is 0.304. The molecule has 4 aromatic carbocycles. The zero-order valence-corrected chi connectivity index (χ0v) is 16.4. The van der Waals surface area contributed by atoms with E-state index in [0.29, 0.717) is 0 Å². The molecule has 30 heavy (non-hydrogen) atoms. The summed E-state index contributed by atoms with van der Waals surface area (Å²) in [5.41, 5.74) is 4.77. The van der Waals surface area contributed by atoms with Crippen LogP contribution in [0.1, 0.15) is 0 Å². The van der Waals surface area contributed by atoms with Gasteiger partial charge in [-0.25, -0.2) is 0 Å². The molecule has 0 aliphatic heterocycles. The maximum absolute atomic E-state index is 2.25. The van der Waals surface area contributed by atoms with Gasteiger partial charge in [0.25, 0.3) is 0 Å². The first-order valence-electron chi connectivity index (χ1n) is 10.2. The SMILES string of the molecule is c1cc(-c2ccc(-n3cc4ccccc4c3)cc2)cc(-n2cc3ccccc3c2)c1. The van der Waals surface area contributed by atoms with E-state index in [0.717, 1.165) is 0 Å². The molecule has 2 heterocycles. The molecule has 0 saturated carbocycles. The predicted molar refractivity (Wildman–Crippen MR) is 126 cm³/mol. The normalized spacial score (nSPS) is 11.3. The fourth-order valence-corrected chi connectivity index (χ4v) is 4.14. The number of hydrogen-bond acceptors (Lipinski definition) is 0. The molecule has 6 aromatic rings. The van der Waals surface area contributed by atoms with Crippen LogP contribution in [-0.4, -0.2) is 9.13 Å². The first kappa shape index (κ1) is 16.9. The van der Waals surface area contributed by atoms with Crippen LogP contribution in [0.3, 0.4) is 0 Å². The molecule has 2 heteroatoms. The van der Waals surface area contributed by atoms with Crippen molar-refractivity contribution in [1.82, 2.24) is 9.13 Å². The van der Waals surface area contributed by atoms with E-state index in [1.807, 2.05) is 0 Å². The Labute approximate surface area is 175 Å². The van der Waals surface area contributed by atoms with Crippen LogP contribution in [0.15, 0.2) is 122 Å². The maximum Gasteiger partial charge on any atom is 0.0456 e. The monoisotopic (exact) mass is 384 g/mol. The van der Waals surface area contributed by atoms with E-state index < -0.39 is 0 Å². The van der Waals surface area contributed by atoms with Crippen molar-refractivity contribution in [3.05, 3.63) is 122 Å². The number of fused-ring (bicyclic) bond motifs is 2. The highest BCUT2D eigenvalue weighted by atomic mass is 14.9. The Morgan fingerprint density at radius 1 is 0.367 bits per heavy atom. The average Bonchev–Trinajstić information content (AvgIpc) is 3.44. The molecule has 0 unspecified atom stereocenters. The third kappa shape index (κ3) is 2.90. The molecule has 0 N–H and O–H groups in total. The van der Waals surface area contributed by atoms with Crippen molar-refractivity contribution in [3.8, 4) is 22.5 Å².